The predicted molar refractivity (Wildman–Crippen MR) is 138 cm³/mol. The lowest BCUT2D eigenvalue weighted by Gasteiger charge is -2.34. The third-order valence-electron chi connectivity index (χ3n) is 6.47. The van der Waals surface area contributed by atoms with Gasteiger partial charge in [0.25, 0.3) is 5.56 Å². The fraction of sp³-hybridized carbons (Fsp3) is 0.241. The molecule has 5 nitrogen and oxygen atoms in total. The zero-order valence-corrected chi connectivity index (χ0v) is 19.4. The minimum atomic E-state index is -0.0337. The van der Waals surface area contributed by atoms with E-state index in [1.54, 1.807) is 4.68 Å². The van der Waals surface area contributed by atoms with Crippen LogP contribution in [-0.4, -0.2) is 52.3 Å². The van der Waals surface area contributed by atoms with Crippen LogP contribution in [0.5, 0.6) is 0 Å². The molecule has 1 aliphatic rings. The van der Waals surface area contributed by atoms with Crippen LogP contribution in [0.4, 0.5) is 0 Å². The van der Waals surface area contributed by atoms with E-state index >= 15 is 0 Å². The number of rotatable bonds is 7. The van der Waals surface area contributed by atoms with Gasteiger partial charge in [0.05, 0.1) is 17.8 Å². The first-order valence-corrected chi connectivity index (χ1v) is 12.0. The molecule has 2 heterocycles. The minimum Gasteiger partial charge on any atom is -0.299 e. The summed E-state index contributed by atoms with van der Waals surface area (Å²) in [6, 6.07) is 32.5. The molecule has 1 aromatic heterocycles. The average molecular weight is 451 g/mol. The van der Waals surface area contributed by atoms with Gasteiger partial charge in [-0.1, -0.05) is 91.0 Å². The van der Waals surface area contributed by atoms with E-state index in [0.29, 0.717) is 12.1 Å². The molecule has 4 aromatic rings. The van der Waals surface area contributed by atoms with Gasteiger partial charge < -0.3 is 0 Å². The molecule has 0 aliphatic carbocycles. The van der Waals surface area contributed by atoms with Crippen LogP contribution in [-0.2, 0) is 13.1 Å². The summed E-state index contributed by atoms with van der Waals surface area (Å²) in [5.74, 6) is 0. The standard InChI is InChI=1S/C29H30N4O/c34-29-27(25-12-6-2-7-13-25)22-28(26-14-8-3-9-15-26)30-33(29)21-20-31-16-18-32(19-17-31)23-24-10-4-1-5-11-24/h1-15,22H,16-21,23H2. The van der Waals surface area contributed by atoms with E-state index < -0.39 is 0 Å². The van der Waals surface area contributed by atoms with Crippen molar-refractivity contribution >= 4 is 0 Å². The fourth-order valence-electron chi connectivity index (χ4n) is 4.52. The van der Waals surface area contributed by atoms with Crippen LogP contribution in [0.25, 0.3) is 22.4 Å². The normalized spacial score (nSPS) is 14.8. The zero-order valence-electron chi connectivity index (χ0n) is 19.4. The van der Waals surface area contributed by atoms with E-state index in [1.807, 2.05) is 66.7 Å². The van der Waals surface area contributed by atoms with Crippen molar-refractivity contribution in [1.82, 2.24) is 19.6 Å². The lowest BCUT2D eigenvalue weighted by molar-refractivity contribution is 0.122. The van der Waals surface area contributed by atoms with Crippen molar-refractivity contribution < 1.29 is 0 Å². The average Bonchev–Trinajstić information content (AvgIpc) is 2.90. The summed E-state index contributed by atoms with van der Waals surface area (Å²) in [7, 11) is 0. The third kappa shape index (κ3) is 5.33. The molecule has 1 aliphatic heterocycles. The molecule has 0 radical (unpaired) electrons. The Morgan fingerprint density at radius 2 is 1.21 bits per heavy atom. The van der Waals surface area contributed by atoms with Crippen molar-refractivity contribution in [3.8, 4) is 22.4 Å². The van der Waals surface area contributed by atoms with Gasteiger partial charge in [0.2, 0.25) is 0 Å². The van der Waals surface area contributed by atoms with Gasteiger partial charge in [0.15, 0.2) is 0 Å². The van der Waals surface area contributed by atoms with Crippen LogP contribution in [0, 0.1) is 0 Å². The van der Waals surface area contributed by atoms with E-state index in [-0.39, 0.29) is 5.56 Å². The monoisotopic (exact) mass is 450 g/mol. The number of aromatic nitrogens is 2. The summed E-state index contributed by atoms with van der Waals surface area (Å²) in [6.07, 6.45) is 0. The van der Waals surface area contributed by atoms with Crippen molar-refractivity contribution in [3.05, 3.63) is 113 Å². The Hall–Kier alpha value is -3.54. The summed E-state index contributed by atoms with van der Waals surface area (Å²) in [6.45, 7) is 6.48. The van der Waals surface area contributed by atoms with Crippen molar-refractivity contribution in [2.75, 3.05) is 32.7 Å². The predicted octanol–water partition coefficient (Wildman–Crippen LogP) is 4.40. The van der Waals surface area contributed by atoms with Gasteiger partial charge >= 0.3 is 0 Å². The second-order valence-corrected chi connectivity index (χ2v) is 8.81. The van der Waals surface area contributed by atoms with E-state index in [2.05, 4.69) is 40.1 Å². The van der Waals surface area contributed by atoms with Crippen molar-refractivity contribution in [2.45, 2.75) is 13.1 Å². The van der Waals surface area contributed by atoms with Crippen LogP contribution in [0.1, 0.15) is 5.56 Å². The molecule has 0 atom stereocenters. The van der Waals surface area contributed by atoms with Gasteiger partial charge in [-0.2, -0.15) is 5.10 Å². The van der Waals surface area contributed by atoms with E-state index in [9.17, 15) is 4.79 Å². The van der Waals surface area contributed by atoms with Gasteiger partial charge in [0.1, 0.15) is 0 Å². The second-order valence-electron chi connectivity index (χ2n) is 8.81. The van der Waals surface area contributed by atoms with Gasteiger partial charge in [0, 0.05) is 44.8 Å². The third-order valence-corrected chi connectivity index (χ3v) is 6.47. The van der Waals surface area contributed by atoms with Crippen LogP contribution in [0.15, 0.2) is 102 Å². The summed E-state index contributed by atoms with van der Waals surface area (Å²) in [4.78, 5) is 18.3. The Kier molecular flexibility index (Phi) is 6.94. The zero-order chi connectivity index (χ0) is 23.2. The molecule has 5 heteroatoms. The summed E-state index contributed by atoms with van der Waals surface area (Å²) in [5, 5.41) is 4.75. The van der Waals surface area contributed by atoms with Crippen LogP contribution >= 0.6 is 0 Å². The maximum absolute atomic E-state index is 13.4. The highest BCUT2D eigenvalue weighted by Gasteiger charge is 2.18. The van der Waals surface area contributed by atoms with Crippen LogP contribution in [0.3, 0.4) is 0 Å². The number of piperazine rings is 1. The van der Waals surface area contributed by atoms with Gasteiger partial charge in [-0.3, -0.25) is 14.6 Å². The Morgan fingerprint density at radius 3 is 1.85 bits per heavy atom. The molecule has 34 heavy (non-hydrogen) atoms. The number of nitrogens with zero attached hydrogens (tertiary/aromatic N) is 4. The highest BCUT2D eigenvalue weighted by atomic mass is 16.1. The SMILES string of the molecule is O=c1c(-c2ccccc2)cc(-c2ccccc2)nn1CCN1CCN(Cc2ccccc2)CC1. The maximum Gasteiger partial charge on any atom is 0.274 e. The Balaban J connectivity index is 1.30. The Bertz CT molecular complexity index is 1250. The highest BCUT2D eigenvalue weighted by molar-refractivity contribution is 5.69. The fourth-order valence-corrected chi connectivity index (χ4v) is 4.52. The molecule has 5 rings (SSSR count). The topological polar surface area (TPSA) is 41.4 Å². The van der Waals surface area contributed by atoms with Crippen molar-refractivity contribution in [2.24, 2.45) is 0 Å². The molecule has 0 unspecified atom stereocenters. The number of hydrogen-bond donors (Lipinski definition) is 0. The molecular weight excluding hydrogens is 420 g/mol. The van der Waals surface area contributed by atoms with Gasteiger partial charge in [-0.05, 0) is 17.2 Å². The van der Waals surface area contributed by atoms with Crippen molar-refractivity contribution in [3.63, 3.8) is 0 Å². The molecule has 172 valence electrons. The molecular formula is C29H30N4O. The maximum atomic E-state index is 13.4. The van der Waals surface area contributed by atoms with Crippen molar-refractivity contribution in [1.29, 1.82) is 0 Å². The molecule has 1 fully saturated rings. The largest absolute Gasteiger partial charge is 0.299 e. The molecule has 1 saturated heterocycles. The smallest absolute Gasteiger partial charge is 0.274 e. The van der Waals surface area contributed by atoms with Crippen LogP contribution in [0.2, 0.25) is 0 Å². The molecule has 0 saturated carbocycles. The first-order chi connectivity index (χ1) is 16.8. The first-order valence-electron chi connectivity index (χ1n) is 12.0. The lowest BCUT2D eigenvalue weighted by Crippen LogP contribution is -2.47. The minimum absolute atomic E-state index is 0.0337. The number of benzene rings is 3. The van der Waals surface area contributed by atoms with Crippen LogP contribution < -0.4 is 5.56 Å². The Morgan fingerprint density at radius 1 is 0.647 bits per heavy atom. The first kappa shape index (κ1) is 22.3. The Labute approximate surface area is 200 Å². The van der Waals surface area contributed by atoms with Gasteiger partial charge in [-0.15, -0.1) is 0 Å². The summed E-state index contributed by atoms with van der Waals surface area (Å²) in [5.41, 5.74) is 4.79. The molecule has 0 N–H and O–H groups in total. The highest BCUT2D eigenvalue weighted by Crippen LogP contribution is 2.21. The van der Waals surface area contributed by atoms with E-state index in [1.165, 1.54) is 5.56 Å². The second kappa shape index (κ2) is 10.6. The number of hydrogen-bond acceptors (Lipinski definition) is 4. The molecule has 0 amide bonds. The van der Waals surface area contributed by atoms with Gasteiger partial charge in [-0.25, -0.2) is 4.68 Å². The molecule has 0 spiro atoms. The van der Waals surface area contributed by atoms with E-state index in [4.69, 9.17) is 5.10 Å². The summed E-state index contributed by atoms with van der Waals surface area (Å²) < 4.78 is 1.65. The summed E-state index contributed by atoms with van der Waals surface area (Å²) >= 11 is 0. The molecule has 3 aromatic carbocycles. The van der Waals surface area contributed by atoms with E-state index in [0.717, 1.165) is 56.1 Å². The lowest BCUT2D eigenvalue weighted by atomic mass is 10.0. The molecule has 0 bridgehead atoms. The quantitative estimate of drug-likeness (QED) is 0.419.